The van der Waals surface area contributed by atoms with Crippen LogP contribution in [-0.4, -0.2) is 35.0 Å². The second-order valence-electron chi connectivity index (χ2n) is 7.04. The van der Waals surface area contributed by atoms with Crippen molar-refractivity contribution in [1.29, 1.82) is 0 Å². The van der Waals surface area contributed by atoms with Gasteiger partial charge in [-0.1, -0.05) is 35.9 Å². The number of nitrogens with zero attached hydrogens (tertiary/aromatic N) is 1. The summed E-state index contributed by atoms with van der Waals surface area (Å²) in [5, 5.41) is 1.44. The van der Waals surface area contributed by atoms with Crippen molar-refractivity contribution in [2.45, 2.75) is 25.5 Å². The number of carbonyl (C=O) groups is 1. The van der Waals surface area contributed by atoms with E-state index in [9.17, 15) is 9.59 Å². The molecule has 3 aromatic rings. The van der Waals surface area contributed by atoms with Crippen LogP contribution in [0.4, 0.5) is 0 Å². The number of hydrogen-bond donors (Lipinski definition) is 1. The average molecular weight is 397 g/mol. The van der Waals surface area contributed by atoms with Gasteiger partial charge >= 0.3 is 0 Å². The van der Waals surface area contributed by atoms with Crippen molar-refractivity contribution in [3.63, 3.8) is 0 Å². The average Bonchev–Trinajstić information content (AvgIpc) is 3.20. The van der Waals surface area contributed by atoms with E-state index in [0.717, 1.165) is 23.7 Å². The highest BCUT2D eigenvalue weighted by molar-refractivity contribution is 6.30. The standard InChI is InChI=1S/C22H21ClN2O3/c23-18-7-3-6-16(12-18)22(27)25(14-19-8-4-10-28-19)13-17-11-15-5-1-2-9-20(15)24-21(17)26/h1-3,5-7,9,11-12,19H,4,8,10,13-14H2,(H,24,26)/t19-/m0/s1. The molecule has 1 aliphatic heterocycles. The highest BCUT2D eigenvalue weighted by Gasteiger charge is 2.24. The zero-order valence-corrected chi connectivity index (χ0v) is 16.1. The van der Waals surface area contributed by atoms with Gasteiger partial charge in [0.15, 0.2) is 0 Å². The fourth-order valence-electron chi connectivity index (χ4n) is 3.57. The largest absolute Gasteiger partial charge is 0.376 e. The molecular formula is C22H21ClN2O3. The van der Waals surface area contributed by atoms with Crippen molar-refractivity contribution >= 4 is 28.4 Å². The molecule has 2 heterocycles. The van der Waals surface area contributed by atoms with Gasteiger partial charge in [0.1, 0.15) is 0 Å². The number of para-hydroxylation sites is 1. The SMILES string of the molecule is O=C(c1cccc(Cl)c1)N(Cc1cc2ccccc2[nH]c1=O)C[C@@H]1CCCO1. The lowest BCUT2D eigenvalue weighted by Gasteiger charge is -2.25. The first-order chi connectivity index (χ1) is 13.6. The topological polar surface area (TPSA) is 62.4 Å². The summed E-state index contributed by atoms with van der Waals surface area (Å²) in [6.45, 7) is 1.36. The van der Waals surface area contributed by atoms with Crippen molar-refractivity contribution in [3.05, 3.63) is 81.1 Å². The van der Waals surface area contributed by atoms with Crippen LogP contribution >= 0.6 is 11.6 Å². The Morgan fingerprint density at radius 1 is 1.18 bits per heavy atom. The number of pyridine rings is 1. The molecular weight excluding hydrogens is 376 g/mol. The minimum absolute atomic E-state index is 0.0114. The molecule has 1 fully saturated rings. The number of H-pyrrole nitrogens is 1. The van der Waals surface area contributed by atoms with Gasteiger partial charge in [0.25, 0.3) is 11.5 Å². The van der Waals surface area contributed by atoms with Gasteiger partial charge in [-0.3, -0.25) is 9.59 Å². The predicted octanol–water partition coefficient (Wildman–Crippen LogP) is 4.00. The molecule has 0 radical (unpaired) electrons. The molecule has 1 amide bonds. The van der Waals surface area contributed by atoms with Gasteiger partial charge < -0.3 is 14.6 Å². The van der Waals surface area contributed by atoms with Gasteiger partial charge in [-0.15, -0.1) is 0 Å². The maximum Gasteiger partial charge on any atom is 0.254 e. The van der Waals surface area contributed by atoms with Crippen LogP contribution in [0.3, 0.4) is 0 Å². The first kappa shape index (κ1) is 18.7. The van der Waals surface area contributed by atoms with Gasteiger partial charge in [0.2, 0.25) is 0 Å². The number of rotatable bonds is 5. The molecule has 5 nitrogen and oxygen atoms in total. The third kappa shape index (κ3) is 4.11. The van der Waals surface area contributed by atoms with Crippen molar-refractivity contribution in [2.75, 3.05) is 13.2 Å². The zero-order valence-electron chi connectivity index (χ0n) is 15.4. The van der Waals surface area contributed by atoms with Gasteiger partial charge in [0.05, 0.1) is 12.6 Å². The predicted molar refractivity (Wildman–Crippen MR) is 110 cm³/mol. The summed E-state index contributed by atoms with van der Waals surface area (Å²) in [6, 6.07) is 16.3. The van der Waals surface area contributed by atoms with E-state index in [1.54, 1.807) is 29.2 Å². The fraction of sp³-hybridized carbons (Fsp3) is 0.273. The number of carbonyl (C=O) groups excluding carboxylic acids is 1. The molecule has 0 bridgehead atoms. The van der Waals surface area contributed by atoms with Crippen LogP contribution in [0.2, 0.25) is 5.02 Å². The smallest absolute Gasteiger partial charge is 0.254 e. The minimum Gasteiger partial charge on any atom is -0.376 e. The number of halogens is 1. The molecule has 1 saturated heterocycles. The summed E-state index contributed by atoms with van der Waals surface area (Å²) in [5.41, 5.74) is 1.65. The van der Waals surface area contributed by atoms with E-state index in [2.05, 4.69) is 4.98 Å². The van der Waals surface area contributed by atoms with Crippen molar-refractivity contribution < 1.29 is 9.53 Å². The Morgan fingerprint density at radius 3 is 2.82 bits per heavy atom. The van der Waals surface area contributed by atoms with Crippen LogP contribution in [0.5, 0.6) is 0 Å². The number of aromatic nitrogens is 1. The second kappa shape index (κ2) is 8.17. The summed E-state index contributed by atoms with van der Waals surface area (Å²) >= 11 is 6.06. The fourth-order valence-corrected chi connectivity index (χ4v) is 3.76. The van der Waals surface area contributed by atoms with Gasteiger partial charge in [-0.2, -0.15) is 0 Å². The Kier molecular flexibility index (Phi) is 5.46. The lowest BCUT2D eigenvalue weighted by Crippen LogP contribution is -2.38. The quantitative estimate of drug-likeness (QED) is 0.709. The van der Waals surface area contributed by atoms with Crippen LogP contribution in [0.15, 0.2) is 59.4 Å². The monoisotopic (exact) mass is 396 g/mol. The number of amides is 1. The van der Waals surface area contributed by atoms with Crippen LogP contribution in [0.25, 0.3) is 10.9 Å². The van der Waals surface area contributed by atoms with Crippen LogP contribution in [0, 0.1) is 0 Å². The lowest BCUT2D eigenvalue weighted by molar-refractivity contribution is 0.0506. The molecule has 0 unspecified atom stereocenters. The number of hydrogen-bond acceptors (Lipinski definition) is 3. The number of nitrogens with one attached hydrogen (secondary N) is 1. The third-order valence-corrected chi connectivity index (χ3v) is 5.23. The Balaban J connectivity index is 1.66. The molecule has 1 N–H and O–H groups in total. The highest BCUT2D eigenvalue weighted by atomic mass is 35.5. The van der Waals surface area contributed by atoms with E-state index in [1.165, 1.54) is 0 Å². The van der Waals surface area contributed by atoms with E-state index in [1.807, 2.05) is 30.3 Å². The van der Waals surface area contributed by atoms with E-state index in [-0.39, 0.29) is 24.1 Å². The molecule has 1 aromatic heterocycles. The lowest BCUT2D eigenvalue weighted by atomic mass is 10.1. The number of benzene rings is 2. The summed E-state index contributed by atoms with van der Waals surface area (Å²) in [5.74, 6) is -0.162. The maximum absolute atomic E-state index is 13.2. The van der Waals surface area contributed by atoms with Gasteiger partial charge in [0, 0.05) is 34.8 Å². The van der Waals surface area contributed by atoms with Crippen LogP contribution in [-0.2, 0) is 11.3 Å². The zero-order chi connectivity index (χ0) is 19.5. The molecule has 144 valence electrons. The molecule has 0 aliphatic carbocycles. The normalized spacial score (nSPS) is 16.4. The Morgan fingerprint density at radius 2 is 2.04 bits per heavy atom. The van der Waals surface area contributed by atoms with Gasteiger partial charge in [-0.25, -0.2) is 0 Å². The van der Waals surface area contributed by atoms with Gasteiger partial charge in [-0.05, 0) is 48.6 Å². The van der Waals surface area contributed by atoms with Crippen LogP contribution in [0.1, 0.15) is 28.8 Å². The highest BCUT2D eigenvalue weighted by Crippen LogP contribution is 2.19. The molecule has 6 heteroatoms. The molecule has 1 aliphatic rings. The summed E-state index contributed by atoms with van der Waals surface area (Å²) < 4.78 is 5.73. The molecule has 2 aromatic carbocycles. The van der Waals surface area contributed by atoms with Crippen molar-refractivity contribution in [1.82, 2.24) is 9.88 Å². The van der Waals surface area contributed by atoms with E-state index in [0.29, 0.717) is 29.3 Å². The van der Waals surface area contributed by atoms with E-state index in [4.69, 9.17) is 16.3 Å². The Hall–Kier alpha value is -2.63. The number of ether oxygens (including phenoxy) is 1. The second-order valence-corrected chi connectivity index (χ2v) is 7.48. The van der Waals surface area contributed by atoms with E-state index >= 15 is 0 Å². The summed E-state index contributed by atoms with van der Waals surface area (Å²) in [7, 11) is 0. The maximum atomic E-state index is 13.2. The molecule has 0 spiro atoms. The molecule has 4 rings (SSSR count). The Labute approximate surface area is 167 Å². The third-order valence-electron chi connectivity index (χ3n) is 5.00. The van der Waals surface area contributed by atoms with E-state index < -0.39 is 0 Å². The molecule has 1 atom stereocenters. The molecule has 0 saturated carbocycles. The minimum atomic E-state index is -0.185. The Bertz CT molecular complexity index is 1060. The van der Waals surface area contributed by atoms with Crippen molar-refractivity contribution in [2.24, 2.45) is 0 Å². The number of aromatic amines is 1. The molecule has 28 heavy (non-hydrogen) atoms. The van der Waals surface area contributed by atoms with Crippen LogP contribution < -0.4 is 5.56 Å². The first-order valence-corrected chi connectivity index (χ1v) is 9.75. The van der Waals surface area contributed by atoms with Crippen molar-refractivity contribution in [3.8, 4) is 0 Å². The summed E-state index contributed by atoms with van der Waals surface area (Å²) in [6.07, 6.45) is 1.89. The summed E-state index contributed by atoms with van der Waals surface area (Å²) in [4.78, 5) is 30.3. The number of fused-ring (bicyclic) bond motifs is 1. The first-order valence-electron chi connectivity index (χ1n) is 9.37.